The van der Waals surface area contributed by atoms with Crippen molar-refractivity contribution in [2.45, 2.75) is 58.8 Å². The number of benzene rings is 1. The highest BCUT2D eigenvalue weighted by Crippen LogP contribution is 2.40. The summed E-state index contributed by atoms with van der Waals surface area (Å²) >= 11 is 0. The first-order valence-electron chi connectivity index (χ1n) is 11.7. The number of fused-ring (bicyclic) bond motifs is 2. The summed E-state index contributed by atoms with van der Waals surface area (Å²) in [6, 6.07) is 4.66. The molecule has 0 amide bonds. The number of nitrogens with zero attached hydrogens (tertiary/aromatic N) is 6. The molecule has 188 valence electrons. The number of piperidine rings is 1. The predicted octanol–water partition coefficient (Wildman–Crippen LogP) is 5.00. The molecule has 9 nitrogen and oxygen atoms in total. The molecule has 2 aliphatic rings. The lowest BCUT2D eigenvalue weighted by atomic mass is 9.92. The fourth-order valence-electron chi connectivity index (χ4n) is 5.03. The summed E-state index contributed by atoms with van der Waals surface area (Å²) in [7, 11) is 0. The van der Waals surface area contributed by atoms with E-state index >= 15 is 0 Å². The van der Waals surface area contributed by atoms with Gasteiger partial charge in [0, 0.05) is 26.1 Å². The van der Waals surface area contributed by atoms with Crippen LogP contribution in [0.25, 0.3) is 0 Å². The van der Waals surface area contributed by atoms with Crippen molar-refractivity contribution in [3.63, 3.8) is 0 Å². The SMILES string of the molecule is Cc1nnc(N2C[C@H]3CC[C@@H](C2)[C@@H]3Nc2nc(Oc3ccc(C)c(C(F)(F)F)c3)n(C(C)C)n2)o1. The molecule has 3 aromatic rings. The Hall–Kier alpha value is -3.31. The van der Waals surface area contributed by atoms with Crippen LogP contribution in [0.15, 0.2) is 22.6 Å². The second kappa shape index (κ2) is 8.72. The number of halogens is 3. The molecule has 0 unspecified atom stereocenters. The lowest BCUT2D eigenvalue weighted by molar-refractivity contribution is -0.138. The summed E-state index contributed by atoms with van der Waals surface area (Å²) < 4.78 is 53.0. The molecular formula is C23H28F3N7O2. The minimum Gasteiger partial charge on any atom is -0.424 e. The molecule has 1 saturated heterocycles. The van der Waals surface area contributed by atoms with E-state index in [1.807, 2.05) is 13.8 Å². The first-order valence-corrected chi connectivity index (χ1v) is 11.7. The molecule has 1 saturated carbocycles. The molecule has 35 heavy (non-hydrogen) atoms. The molecule has 12 heteroatoms. The van der Waals surface area contributed by atoms with Crippen LogP contribution in [-0.4, -0.2) is 44.1 Å². The monoisotopic (exact) mass is 491 g/mol. The van der Waals surface area contributed by atoms with Crippen LogP contribution in [0.5, 0.6) is 11.8 Å². The highest BCUT2D eigenvalue weighted by Gasteiger charge is 2.44. The third-order valence-electron chi connectivity index (χ3n) is 6.73. The van der Waals surface area contributed by atoms with E-state index in [0.717, 1.165) is 32.0 Å². The summed E-state index contributed by atoms with van der Waals surface area (Å²) in [5.74, 6) is 1.71. The number of alkyl halides is 3. The molecule has 2 bridgehead atoms. The Labute approximate surface area is 200 Å². The van der Waals surface area contributed by atoms with E-state index in [2.05, 4.69) is 30.5 Å². The van der Waals surface area contributed by atoms with Crippen molar-refractivity contribution in [2.75, 3.05) is 23.3 Å². The highest BCUT2D eigenvalue weighted by molar-refractivity contribution is 5.39. The topological polar surface area (TPSA) is 94.1 Å². The summed E-state index contributed by atoms with van der Waals surface area (Å²) in [6.07, 6.45) is -2.34. The van der Waals surface area contributed by atoms with Gasteiger partial charge in [-0.25, -0.2) is 4.68 Å². The van der Waals surface area contributed by atoms with Crippen LogP contribution in [0, 0.1) is 25.7 Å². The van der Waals surface area contributed by atoms with E-state index in [4.69, 9.17) is 9.15 Å². The summed E-state index contributed by atoms with van der Waals surface area (Å²) in [4.78, 5) is 6.62. The van der Waals surface area contributed by atoms with Crippen molar-refractivity contribution in [3.8, 4) is 11.8 Å². The second-order valence-electron chi connectivity index (χ2n) is 9.61. The normalized spacial score (nSPS) is 22.2. The van der Waals surface area contributed by atoms with Crippen molar-refractivity contribution in [1.82, 2.24) is 25.0 Å². The zero-order valence-electron chi connectivity index (χ0n) is 20.0. The number of hydrogen-bond donors (Lipinski definition) is 1. The van der Waals surface area contributed by atoms with Crippen molar-refractivity contribution in [3.05, 3.63) is 35.2 Å². The molecule has 1 aromatic carbocycles. The van der Waals surface area contributed by atoms with Crippen LogP contribution in [0.1, 0.15) is 49.7 Å². The smallest absolute Gasteiger partial charge is 0.416 e. The predicted molar refractivity (Wildman–Crippen MR) is 122 cm³/mol. The van der Waals surface area contributed by atoms with Crippen LogP contribution in [0.2, 0.25) is 0 Å². The number of aromatic nitrogens is 5. The van der Waals surface area contributed by atoms with Crippen molar-refractivity contribution in [1.29, 1.82) is 0 Å². The first-order chi connectivity index (χ1) is 16.6. The average Bonchev–Trinajstić information content (AvgIpc) is 3.45. The zero-order chi connectivity index (χ0) is 24.9. The first kappa shape index (κ1) is 23.4. The Balaban J connectivity index is 1.34. The number of nitrogens with one attached hydrogen (secondary N) is 1. The Morgan fingerprint density at radius 2 is 1.83 bits per heavy atom. The molecule has 2 fully saturated rings. The van der Waals surface area contributed by atoms with E-state index in [0.29, 0.717) is 29.7 Å². The van der Waals surface area contributed by atoms with Gasteiger partial charge in [-0.3, -0.25) is 0 Å². The zero-order valence-corrected chi connectivity index (χ0v) is 20.0. The Bertz CT molecular complexity index is 1190. The van der Waals surface area contributed by atoms with E-state index in [-0.39, 0.29) is 29.4 Å². The van der Waals surface area contributed by atoms with E-state index in [1.165, 1.54) is 19.1 Å². The standard InChI is InChI=1S/C23H28F3N7O2/c1-12(2)33-21(35-17-8-5-13(3)18(9-17)23(24,25)26)28-20(31-33)27-19-15-6-7-16(19)11-32(10-15)22-30-29-14(4)34-22/h5,8-9,12,15-16,19H,6-7,10-11H2,1-4H3,(H,27,31)/t15-,16+,19-. The molecule has 2 aromatic heterocycles. The summed E-state index contributed by atoms with van der Waals surface area (Å²) in [5.41, 5.74) is -0.598. The Morgan fingerprint density at radius 1 is 1.11 bits per heavy atom. The lowest BCUT2D eigenvalue weighted by Crippen LogP contribution is -2.48. The third kappa shape index (κ3) is 4.65. The molecule has 3 atom stereocenters. The van der Waals surface area contributed by atoms with Crippen LogP contribution >= 0.6 is 0 Å². The van der Waals surface area contributed by atoms with Crippen molar-refractivity contribution < 1.29 is 22.3 Å². The number of hydrogen-bond acceptors (Lipinski definition) is 8. The fraction of sp³-hybridized carbons (Fsp3) is 0.565. The molecule has 0 spiro atoms. The van der Waals surface area contributed by atoms with Crippen LogP contribution < -0.4 is 15.0 Å². The Kier molecular flexibility index (Phi) is 5.84. The highest BCUT2D eigenvalue weighted by atomic mass is 19.4. The number of rotatable bonds is 6. The van der Waals surface area contributed by atoms with Crippen molar-refractivity contribution in [2.24, 2.45) is 11.8 Å². The summed E-state index contributed by atoms with van der Waals surface area (Å²) in [6.45, 7) is 8.59. The maximum Gasteiger partial charge on any atom is 0.416 e. The fourth-order valence-corrected chi connectivity index (χ4v) is 5.03. The maximum atomic E-state index is 13.3. The third-order valence-corrected chi connectivity index (χ3v) is 6.73. The molecular weight excluding hydrogens is 463 g/mol. The van der Waals surface area contributed by atoms with E-state index < -0.39 is 11.7 Å². The van der Waals surface area contributed by atoms with Gasteiger partial charge in [0.15, 0.2) is 0 Å². The van der Waals surface area contributed by atoms with Gasteiger partial charge in [-0.15, -0.1) is 10.2 Å². The van der Waals surface area contributed by atoms with Gasteiger partial charge in [-0.05, 0) is 63.1 Å². The van der Waals surface area contributed by atoms with Crippen LogP contribution in [0.3, 0.4) is 0 Å². The van der Waals surface area contributed by atoms with Gasteiger partial charge in [0.25, 0.3) is 0 Å². The molecule has 3 heterocycles. The molecule has 1 N–H and O–H groups in total. The maximum absolute atomic E-state index is 13.3. The van der Waals surface area contributed by atoms with Gasteiger partial charge < -0.3 is 19.4 Å². The molecule has 1 aliphatic carbocycles. The van der Waals surface area contributed by atoms with Gasteiger partial charge in [-0.2, -0.15) is 18.2 Å². The average molecular weight is 492 g/mol. The van der Waals surface area contributed by atoms with Gasteiger partial charge in [0.2, 0.25) is 11.8 Å². The van der Waals surface area contributed by atoms with Gasteiger partial charge >= 0.3 is 18.2 Å². The van der Waals surface area contributed by atoms with Crippen molar-refractivity contribution >= 4 is 12.0 Å². The number of aryl methyl sites for hydroxylation is 2. The van der Waals surface area contributed by atoms with Gasteiger partial charge in [-0.1, -0.05) is 11.2 Å². The van der Waals surface area contributed by atoms with Crippen LogP contribution in [0.4, 0.5) is 25.1 Å². The molecule has 5 rings (SSSR count). The van der Waals surface area contributed by atoms with E-state index in [1.54, 1.807) is 11.6 Å². The lowest BCUT2D eigenvalue weighted by Gasteiger charge is -2.37. The minimum atomic E-state index is -4.46. The van der Waals surface area contributed by atoms with Crippen LogP contribution in [-0.2, 0) is 6.18 Å². The van der Waals surface area contributed by atoms with Gasteiger partial charge in [0.1, 0.15) is 5.75 Å². The van der Waals surface area contributed by atoms with Gasteiger partial charge in [0.05, 0.1) is 11.6 Å². The number of ether oxygens (including phenoxy) is 1. The van der Waals surface area contributed by atoms with E-state index in [9.17, 15) is 13.2 Å². The minimum absolute atomic E-state index is 0.0620. The number of anilines is 2. The summed E-state index contributed by atoms with van der Waals surface area (Å²) in [5, 5.41) is 16.1. The largest absolute Gasteiger partial charge is 0.424 e. The quantitative estimate of drug-likeness (QED) is 0.515. The Morgan fingerprint density at radius 3 is 2.43 bits per heavy atom. The molecule has 1 aliphatic heterocycles. The second-order valence-corrected chi connectivity index (χ2v) is 9.61. The molecule has 0 radical (unpaired) electrons.